The minimum absolute atomic E-state index is 0.0793. The van der Waals surface area contributed by atoms with Crippen LogP contribution in [0, 0.1) is 0 Å². The first-order valence-electron chi connectivity index (χ1n) is 4.45. The normalized spacial score (nSPS) is 9.46. The first kappa shape index (κ1) is 9.84. The summed E-state index contributed by atoms with van der Waals surface area (Å²) in [6, 6.07) is 9.33. The first-order chi connectivity index (χ1) is 6.13. The summed E-state index contributed by atoms with van der Waals surface area (Å²) in [4.78, 5) is 13.4. The van der Waals surface area contributed by atoms with Crippen molar-refractivity contribution in [2.75, 3.05) is 7.05 Å². The van der Waals surface area contributed by atoms with E-state index in [0.29, 0.717) is 0 Å². The van der Waals surface area contributed by atoms with Gasteiger partial charge in [-0.25, -0.2) is 0 Å². The minimum atomic E-state index is 0.0793. The predicted molar refractivity (Wildman–Crippen MR) is 56.0 cm³/mol. The highest BCUT2D eigenvalue weighted by molar-refractivity contribution is 6.56. The van der Waals surface area contributed by atoms with Crippen LogP contribution in [0.15, 0.2) is 30.3 Å². The van der Waals surface area contributed by atoms with Gasteiger partial charge in [-0.1, -0.05) is 31.8 Å². The number of rotatable bonds is 2. The van der Waals surface area contributed by atoms with Crippen molar-refractivity contribution in [3.05, 3.63) is 35.9 Å². The van der Waals surface area contributed by atoms with Crippen molar-refractivity contribution in [2.24, 2.45) is 0 Å². The smallest absolute Gasteiger partial charge is 0.251 e. The SMILES string of the molecule is CB(C)N(C)C(=O)c1ccccc1. The lowest BCUT2D eigenvalue weighted by Gasteiger charge is -2.19. The molecule has 0 aromatic heterocycles. The van der Waals surface area contributed by atoms with Gasteiger partial charge in [-0.3, -0.25) is 4.79 Å². The average molecular weight is 175 g/mol. The molecule has 68 valence electrons. The van der Waals surface area contributed by atoms with E-state index in [1.807, 2.05) is 51.0 Å². The minimum Gasteiger partial charge on any atom is -0.386 e. The summed E-state index contributed by atoms with van der Waals surface area (Å²) in [5.74, 6) is 0.0793. The largest absolute Gasteiger partial charge is 0.386 e. The number of hydrogen-bond acceptors (Lipinski definition) is 1. The summed E-state index contributed by atoms with van der Waals surface area (Å²) >= 11 is 0. The quantitative estimate of drug-likeness (QED) is 0.629. The molecule has 0 saturated heterocycles. The van der Waals surface area contributed by atoms with Crippen molar-refractivity contribution < 1.29 is 4.79 Å². The number of benzene rings is 1. The van der Waals surface area contributed by atoms with Gasteiger partial charge in [0.2, 0.25) is 5.91 Å². The monoisotopic (exact) mass is 175 g/mol. The highest BCUT2D eigenvalue weighted by Crippen LogP contribution is 2.04. The molecular weight excluding hydrogens is 161 g/mol. The van der Waals surface area contributed by atoms with Crippen LogP contribution in [0.2, 0.25) is 13.6 Å². The Bertz CT molecular complexity index is 284. The Labute approximate surface area is 79.7 Å². The molecule has 3 heteroatoms. The molecule has 1 rings (SSSR count). The Morgan fingerprint density at radius 1 is 1.23 bits per heavy atom. The number of nitrogens with zero attached hydrogens (tertiary/aromatic N) is 1. The van der Waals surface area contributed by atoms with Gasteiger partial charge in [0.1, 0.15) is 0 Å². The van der Waals surface area contributed by atoms with Gasteiger partial charge in [0.15, 0.2) is 0 Å². The van der Waals surface area contributed by atoms with E-state index >= 15 is 0 Å². The molecule has 13 heavy (non-hydrogen) atoms. The van der Waals surface area contributed by atoms with Crippen molar-refractivity contribution in [1.82, 2.24) is 4.81 Å². The van der Waals surface area contributed by atoms with Crippen LogP contribution >= 0.6 is 0 Å². The molecule has 0 unspecified atom stereocenters. The fourth-order valence-corrected chi connectivity index (χ4v) is 1.02. The molecule has 0 radical (unpaired) electrons. The van der Waals surface area contributed by atoms with Crippen molar-refractivity contribution in [3.63, 3.8) is 0 Å². The second-order valence-electron chi connectivity index (χ2n) is 3.38. The number of hydrogen-bond donors (Lipinski definition) is 0. The first-order valence-corrected chi connectivity index (χ1v) is 4.45. The average Bonchev–Trinajstić information content (AvgIpc) is 2.17. The molecule has 0 saturated carbocycles. The summed E-state index contributed by atoms with van der Waals surface area (Å²) in [7, 11) is 1.82. The van der Waals surface area contributed by atoms with Gasteiger partial charge in [-0.05, 0) is 19.2 Å². The van der Waals surface area contributed by atoms with Gasteiger partial charge in [0, 0.05) is 5.56 Å². The molecule has 0 atom stereocenters. The summed E-state index contributed by atoms with van der Waals surface area (Å²) in [5, 5.41) is 0. The maximum Gasteiger partial charge on any atom is 0.251 e. The maximum atomic E-state index is 11.7. The summed E-state index contributed by atoms with van der Waals surface area (Å²) in [5.41, 5.74) is 0.749. The zero-order chi connectivity index (χ0) is 9.84. The highest BCUT2D eigenvalue weighted by Gasteiger charge is 2.15. The molecule has 0 bridgehead atoms. The second-order valence-corrected chi connectivity index (χ2v) is 3.38. The van der Waals surface area contributed by atoms with Crippen LogP contribution in [-0.2, 0) is 0 Å². The van der Waals surface area contributed by atoms with Gasteiger partial charge in [-0.15, -0.1) is 0 Å². The van der Waals surface area contributed by atoms with E-state index < -0.39 is 0 Å². The van der Waals surface area contributed by atoms with Crippen LogP contribution in [0.3, 0.4) is 0 Å². The molecule has 1 aromatic carbocycles. The summed E-state index contributed by atoms with van der Waals surface area (Å²) in [6.07, 6.45) is 0. The molecule has 1 amide bonds. The van der Waals surface area contributed by atoms with E-state index in [-0.39, 0.29) is 12.8 Å². The molecule has 1 aromatic rings. The molecule has 0 heterocycles. The highest BCUT2D eigenvalue weighted by atomic mass is 16.2. The zero-order valence-corrected chi connectivity index (χ0v) is 8.32. The molecule has 2 nitrogen and oxygen atoms in total. The Morgan fingerprint density at radius 3 is 2.23 bits per heavy atom. The van der Waals surface area contributed by atoms with Crippen LogP contribution in [0.4, 0.5) is 0 Å². The third kappa shape index (κ3) is 2.34. The molecule has 0 aliphatic rings. The van der Waals surface area contributed by atoms with E-state index in [2.05, 4.69) is 0 Å². The van der Waals surface area contributed by atoms with Crippen molar-refractivity contribution >= 4 is 12.8 Å². The van der Waals surface area contributed by atoms with Crippen LogP contribution in [0.1, 0.15) is 10.4 Å². The molecular formula is C10H14BNO. The number of amides is 1. The van der Waals surface area contributed by atoms with E-state index in [1.54, 1.807) is 4.81 Å². The van der Waals surface area contributed by atoms with E-state index in [1.165, 1.54) is 0 Å². The van der Waals surface area contributed by atoms with Gasteiger partial charge in [0.05, 0.1) is 0 Å². The van der Waals surface area contributed by atoms with Gasteiger partial charge >= 0.3 is 0 Å². The molecule has 0 fully saturated rings. The Kier molecular flexibility index (Phi) is 3.12. The number of carbonyl (C=O) groups excluding carboxylic acids is 1. The standard InChI is InChI=1S/C10H14BNO/c1-11(2)12(3)10(13)9-7-5-4-6-8-9/h4-8H,1-3H3. The number of carbonyl (C=O) groups is 1. The fraction of sp³-hybridized carbons (Fsp3) is 0.300. The van der Waals surface area contributed by atoms with Crippen LogP contribution in [-0.4, -0.2) is 24.6 Å². The van der Waals surface area contributed by atoms with Crippen molar-refractivity contribution in [1.29, 1.82) is 0 Å². The van der Waals surface area contributed by atoms with Crippen LogP contribution < -0.4 is 0 Å². The van der Waals surface area contributed by atoms with Crippen molar-refractivity contribution in [3.8, 4) is 0 Å². The lowest BCUT2D eigenvalue weighted by atomic mass is 9.66. The molecule has 0 spiro atoms. The lowest BCUT2D eigenvalue weighted by molar-refractivity contribution is 0.0878. The molecule has 0 aliphatic carbocycles. The van der Waals surface area contributed by atoms with Gasteiger partial charge in [-0.2, -0.15) is 0 Å². The summed E-state index contributed by atoms with van der Waals surface area (Å²) < 4.78 is 0. The Balaban J connectivity index is 2.80. The fourth-order valence-electron chi connectivity index (χ4n) is 1.02. The topological polar surface area (TPSA) is 20.3 Å². The molecule has 0 aliphatic heterocycles. The van der Waals surface area contributed by atoms with Crippen LogP contribution in [0.5, 0.6) is 0 Å². The van der Waals surface area contributed by atoms with E-state index in [9.17, 15) is 4.79 Å². The summed E-state index contributed by atoms with van der Waals surface area (Å²) in [6.45, 7) is 4.24. The third-order valence-electron chi connectivity index (χ3n) is 2.12. The molecule has 0 N–H and O–H groups in total. The van der Waals surface area contributed by atoms with Crippen LogP contribution in [0.25, 0.3) is 0 Å². The predicted octanol–water partition coefficient (Wildman–Crippen LogP) is 2.01. The van der Waals surface area contributed by atoms with E-state index in [4.69, 9.17) is 0 Å². The Morgan fingerprint density at radius 2 is 1.77 bits per heavy atom. The lowest BCUT2D eigenvalue weighted by Crippen LogP contribution is -2.36. The third-order valence-corrected chi connectivity index (χ3v) is 2.12. The second kappa shape index (κ2) is 4.12. The van der Waals surface area contributed by atoms with Gasteiger partial charge in [0.25, 0.3) is 6.85 Å². The maximum absolute atomic E-state index is 11.7. The van der Waals surface area contributed by atoms with Gasteiger partial charge < -0.3 is 4.81 Å². The Hall–Kier alpha value is -1.25. The van der Waals surface area contributed by atoms with E-state index in [0.717, 1.165) is 5.56 Å². The zero-order valence-electron chi connectivity index (χ0n) is 8.32. The van der Waals surface area contributed by atoms with Crippen molar-refractivity contribution in [2.45, 2.75) is 13.6 Å².